The molecule has 1 N–H and O–H groups in total. The summed E-state index contributed by atoms with van der Waals surface area (Å²) in [4.78, 5) is 2.47. The van der Waals surface area contributed by atoms with Gasteiger partial charge in [-0.05, 0) is 50.3 Å². The summed E-state index contributed by atoms with van der Waals surface area (Å²) in [5.74, 6) is -0.0504. The molecule has 0 bridgehead atoms. The number of hydrogen-bond donors (Lipinski definition) is 1. The maximum Gasteiger partial charge on any atom is 0.127 e. The molecular formula is C18H27FN2. The Kier molecular flexibility index (Phi) is 4.91. The van der Waals surface area contributed by atoms with E-state index in [-0.39, 0.29) is 5.82 Å². The van der Waals surface area contributed by atoms with Gasteiger partial charge in [0.05, 0.1) is 0 Å². The van der Waals surface area contributed by atoms with Crippen molar-refractivity contribution in [1.29, 1.82) is 0 Å². The lowest BCUT2D eigenvalue weighted by Gasteiger charge is -2.35. The van der Waals surface area contributed by atoms with Crippen molar-refractivity contribution in [2.75, 3.05) is 6.54 Å². The van der Waals surface area contributed by atoms with Crippen molar-refractivity contribution >= 4 is 0 Å². The van der Waals surface area contributed by atoms with Gasteiger partial charge in [0.15, 0.2) is 0 Å². The quantitative estimate of drug-likeness (QED) is 0.856. The van der Waals surface area contributed by atoms with Crippen molar-refractivity contribution in [3.8, 4) is 0 Å². The molecule has 1 aliphatic heterocycles. The molecule has 0 amide bonds. The Morgan fingerprint density at radius 3 is 2.86 bits per heavy atom. The molecule has 1 aromatic rings. The van der Waals surface area contributed by atoms with Crippen LogP contribution in [0.1, 0.15) is 56.6 Å². The van der Waals surface area contributed by atoms with Gasteiger partial charge in [0.25, 0.3) is 0 Å². The third-order valence-corrected chi connectivity index (χ3v) is 4.88. The van der Waals surface area contributed by atoms with Crippen LogP contribution in [0.25, 0.3) is 0 Å². The Labute approximate surface area is 127 Å². The fraction of sp³-hybridized carbons (Fsp3) is 0.667. The third kappa shape index (κ3) is 4.04. The van der Waals surface area contributed by atoms with Gasteiger partial charge in [-0.3, -0.25) is 4.90 Å². The molecule has 0 aromatic heterocycles. The van der Waals surface area contributed by atoms with Gasteiger partial charge >= 0.3 is 0 Å². The first-order chi connectivity index (χ1) is 10.3. The van der Waals surface area contributed by atoms with Crippen molar-refractivity contribution in [3.05, 3.63) is 35.1 Å². The van der Waals surface area contributed by atoms with Gasteiger partial charge in [-0.15, -0.1) is 0 Å². The minimum Gasteiger partial charge on any atom is -0.310 e. The van der Waals surface area contributed by atoms with Crippen LogP contribution in [0.4, 0.5) is 4.39 Å². The van der Waals surface area contributed by atoms with E-state index >= 15 is 0 Å². The number of hydrogen-bond acceptors (Lipinski definition) is 2. The summed E-state index contributed by atoms with van der Waals surface area (Å²) < 4.78 is 14.1. The van der Waals surface area contributed by atoms with Crippen LogP contribution in [0.2, 0.25) is 0 Å². The predicted octanol–water partition coefficient (Wildman–Crippen LogP) is 3.84. The maximum absolute atomic E-state index is 14.1. The van der Waals surface area contributed by atoms with Gasteiger partial charge in [-0.25, -0.2) is 4.39 Å². The fourth-order valence-electron chi connectivity index (χ4n) is 3.36. The number of rotatable bonds is 6. The van der Waals surface area contributed by atoms with Crippen LogP contribution in [0, 0.1) is 5.82 Å². The van der Waals surface area contributed by atoms with E-state index < -0.39 is 0 Å². The highest BCUT2D eigenvalue weighted by molar-refractivity contribution is 5.25. The summed E-state index contributed by atoms with van der Waals surface area (Å²) in [5.41, 5.74) is 2.08. The molecule has 3 rings (SSSR count). The average molecular weight is 290 g/mol. The molecule has 1 heterocycles. The second-order valence-corrected chi connectivity index (χ2v) is 6.61. The minimum atomic E-state index is -0.0504. The molecule has 1 aromatic carbocycles. The molecule has 2 nitrogen and oxygen atoms in total. The molecule has 0 spiro atoms. The van der Waals surface area contributed by atoms with Crippen LogP contribution in [-0.4, -0.2) is 23.5 Å². The Morgan fingerprint density at radius 1 is 1.24 bits per heavy atom. The third-order valence-electron chi connectivity index (χ3n) is 4.88. The van der Waals surface area contributed by atoms with Crippen LogP contribution in [0.5, 0.6) is 0 Å². The molecule has 1 aliphatic carbocycles. The smallest absolute Gasteiger partial charge is 0.127 e. The highest BCUT2D eigenvalue weighted by Crippen LogP contribution is 2.24. The first kappa shape index (κ1) is 15.0. The monoisotopic (exact) mass is 290 g/mol. The predicted molar refractivity (Wildman–Crippen MR) is 84.6 cm³/mol. The van der Waals surface area contributed by atoms with Gasteiger partial charge in [0, 0.05) is 30.7 Å². The van der Waals surface area contributed by atoms with Gasteiger partial charge < -0.3 is 5.32 Å². The molecule has 3 heteroatoms. The first-order valence-corrected chi connectivity index (χ1v) is 8.51. The van der Waals surface area contributed by atoms with Crippen molar-refractivity contribution in [2.24, 2.45) is 0 Å². The summed E-state index contributed by atoms with van der Waals surface area (Å²) in [6.07, 6.45) is 7.59. The van der Waals surface area contributed by atoms with E-state index in [1.54, 1.807) is 6.07 Å². The van der Waals surface area contributed by atoms with E-state index in [0.29, 0.717) is 12.1 Å². The normalized spacial score (nSPS) is 23.4. The zero-order valence-corrected chi connectivity index (χ0v) is 13.1. The summed E-state index contributed by atoms with van der Waals surface area (Å²) >= 11 is 0. The fourth-order valence-corrected chi connectivity index (χ4v) is 3.36. The van der Waals surface area contributed by atoms with Crippen LogP contribution in [0.15, 0.2) is 18.2 Å². The Bertz CT molecular complexity index is 470. The molecule has 1 unspecified atom stereocenters. The van der Waals surface area contributed by atoms with E-state index in [2.05, 4.69) is 23.2 Å². The molecule has 21 heavy (non-hydrogen) atoms. The minimum absolute atomic E-state index is 0.0504. The van der Waals surface area contributed by atoms with Gasteiger partial charge in [0.2, 0.25) is 0 Å². The van der Waals surface area contributed by atoms with Gasteiger partial charge in [-0.2, -0.15) is 0 Å². The SMILES string of the molecule is CCC1CCCCN1Cc1cc(CNC2CC2)ccc1F. The van der Waals surface area contributed by atoms with Crippen LogP contribution in [0.3, 0.4) is 0 Å². The summed E-state index contributed by atoms with van der Waals surface area (Å²) in [6.45, 7) is 4.99. The highest BCUT2D eigenvalue weighted by Gasteiger charge is 2.22. The van der Waals surface area contributed by atoms with E-state index in [1.165, 1.54) is 44.1 Å². The van der Waals surface area contributed by atoms with Gasteiger partial charge in [0.1, 0.15) is 5.82 Å². The van der Waals surface area contributed by atoms with Crippen molar-refractivity contribution in [2.45, 2.75) is 70.6 Å². The average Bonchev–Trinajstić information content (AvgIpc) is 3.33. The number of benzene rings is 1. The summed E-state index contributed by atoms with van der Waals surface area (Å²) in [5, 5.41) is 3.51. The van der Waals surface area contributed by atoms with E-state index in [9.17, 15) is 4.39 Å². The van der Waals surface area contributed by atoms with Crippen LogP contribution in [-0.2, 0) is 13.1 Å². The van der Waals surface area contributed by atoms with Crippen molar-refractivity contribution in [3.63, 3.8) is 0 Å². The number of nitrogens with zero attached hydrogens (tertiary/aromatic N) is 1. The molecule has 0 radical (unpaired) electrons. The summed E-state index contributed by atoms with van der Waals surface area (Å²) in [6, 6.07) is 6.95. The van der Waals surface area contributed by atoms with E-state index in [1.807, 2.05) is 6.07 Å². The topological polar surface area (TPSA) is 15.3 Å². The number of likely N-dealkylation sites (tertiary alicyclic amines) is 1. The zero-order chi connectivity index (χ0) is 14.7. The number of piperidine rings is 1. The molecule has 2 aliphatic rings. The molecule has 116 valence electrons. The molecule has 1 saturated heterocycles. The van der Waals surface area contributed by atoms with Gasteiger partial charge in [-0.1, -0.05) is 25.5 Å². The Balaban J connectivity index is 1.66. The maximum atomic E-state index is 14.1. The number of halogens is 1. The molecule has 2 fully saturated rings. The lowest BCUT2D eigenvalue weighted by atomic mass is 9.99. The standard InChI is InChI=1S/C18H27FN2/c1-2-17-5-3-4-10-21(17)13-15-11-14(6-9-18(15)19)12-20-16-7-8-16/h6,9,11,16-17,20H,2-5,7-8,10,12-13H2,1H3. The van der Waals surface area contributed by atoms with E-state index in [4.69, 9.17) is 0 Å². The van der Waals surface area contributed by atoms with Crippen molar-refractivity contribution in [1.82, 2.24) is 10.2 Å². The highest BCUT2D eigenvalue weighted by atomic mass is 19.1. The molecular weight excluding hydrogens is 263 g/mol. The lowest BCUT2D eigenvalue weighted by Crippen LogP contribution is -2.38. The summed E-state index contributed by atoms with van der Waals surface area (Å²) in [7, 11) is 0. The van der Waals surface area contributed by atoms with Crippen molar-refractivity contribution < 1.29 is 4.39 Å². The second-order valence-electron chi connectivity index (χ2n) is 6.61. The zero-order valence-electron chi connectivity index (χ0n) is 13.1. The largest absolute Gasteiger partial charge is 0.310 e. The molecule has 1 atom stereocenters. The lowest BCUT2D eigenvalue weighted by molar-refractivity contribution is 0.134. The van der Waals surface area contributed by atoms with E-state index in [0.717, 1.165) is 25.2 Å². The van der Waals surface area contributed by atoms with Crippen LogP contribution >= 0.6 is 0 Å². The van der Waals surface area contributed by atoms with Crippen LogP contribution < -0.4 is 5.32 Å². The number of nitrogens with one attached hydrogen (secondary N) is 1. The molecule has 1 saturated carbocycles. The second kappa shape index (κ2) is 6.89. The Hall–Kier alpha value is -0.930. The first-order valence-electron chi connectivity index (χ1n) is 8.51. The Morgan fingerprint density at radius 2 is 2.10 bits per heavy atom.